The van der Waals surface area contributed by atoms with E-state index < -0.39 is 11.9 Å². The number of pyridine rings is 1. The summed E-state index contributed by atoms with van der Waals surface area (Å²) in [4.78, 5) is 28.2. The molecule has 0 aliphatic rings. The van der Waals surface area contributed by atoms with E-state index in [1.54, 1.807) is 6.92 Å². The van der Waals surface area contributed by atoms with Crippen molar-refractivity contribution in [3.05, 3.63) is 28.0 Å². The van der Waals surface area contributed by atoms with Crippen molar-refractivity contribution in [2.45, 2.75) is 26.3 Å². The van der Waals surface area contributed by atoms with Crippen molar-refractivity contribution in [1.29, 1.82) is 0 Å². The minimum Gasteiger partial charge on any atom is -0.480 e. The molecular weight excluding hydrogens is 291 g/mol. The van der Waals surface area contributed by atoms with Crippen LogP contribution < -0.4 is 0 Å². The predicted octanol–water partition coefficient (Wildman–Crippen LogP) is 2.71. The molecule has 1 aromatic heterocycles. The van der Waals surface area contributed by atoms with Crippen LogP contribution in [0.5, 0.6) is 0 Å². The first-order valence-corrected chi connectivity index (χ1v) is 6.46. The van der Waals surface area contributed by atoms with Gasteiger partial charge in [-0.15, -0.1) is 0 Å². The minimum absolute atomic E-state index is 0.0928. The van der Waals surface area contributed by atoms with E-state index in [0.717, 1.165) is 0 Å². The summed E-state index contributed by atoms with van der Waals surface area (Å²) in [5.74, 6) is -1.50. The Morgan fingerprint density at radius 1 is 1.37 bits per heavy atom. The molecule has 0 aliphatic heterocycles. The first kappa shape index (κ1) is 15.7. The first-order valence-electron chi connectivity index (χ1n) is 5.71. The van der Waals surface area contributed by atoms with Crippen molar-refractivity contribution in [2.24, 2.45) is 0 Å². The second kappa shape index (κ2) is 6.73. The van der Waals surface area contributed by atoms with Crippen molar-refractivity contribution in [3.63, 3.8) is 0 Å². The summed E-state index contributed by atoms with van der Waals surface area (Å²) in [5.41, 5.74) is 0.228. The maximum Gasteiger partial charge on any atom is 0.323 e. The van der Waals surface area contributed by atoms with Gasteiger partial charge in [0, 0.05) is 11.6 Å². The molecule has 0 spiro atoms. The SMILES string of the molecule is CCC(C)N(CC(=O)O)C(=O)c1cc(Cl)nc(Cl)c1. The number of carboxylic acids is 1. The maximum absolute atomic E-state index is 12.3. The van der Waals surface area contributed by atoms with Crippen molar-refractivity contribution < 1.29 is 14.7 Å². The van der Waals surface area contributed by atoms with Gasteiger partial charge in [-0.1, -0.05) is 30.1 Å². The van der Waals surface area contributed by atoms with Crippen LogP contribution in [0.2, 0.25) is 10.3 Å². The summed E-state index contributed by atoms with van der Waals surface area (Å²) in [7, 11) is 0. The van der Waals surface area contributed by atoms with Crippen LogP contribution in [0.1, 0.15) is 30.6 Å². The fourth-order valence-electron chi connectivity index (χ4n) is 1.55. The highest BCUT2D eigenvalue weighted by Gasteiger charge is 2.23. The standard InChI is InChI=1S/C12H14Cl2N2O3/c1-3-7(2)16(6-11(17)18)12(19)8-4-9(13)15-10(14)5-8/h4-5,7H,3,6H2,1-2H3,(H,17,18). The molecule has 0 fully saturated rings. The van der Waals surface area contributed by atoms with Crippen LogP contribution in [-0.2, 0) is 4.79 Å². The van der Waals surface area contributed by atoms with Crippen molar-refractivity contribution in [1.82, 2.24) is 9.88 Å². The topological polar surface area (TPSA) is 70.5 Å². The number of carbonyl (C=O) groups excluding carboxylic acids is 1. The van der Waals surface area contributed by atoms with Gasteiger partial charge in [-0.05, 0) is 25.5 Å². The lowest BCUT2D eigenvalue weighted by molar-refractivity contribution is -0.138. The Kier molecular flexibility index (Phi) is 5.57. The Hall–Kier alpha value is -1.33. The van der Waals surface area contributed by atoms with Crippen LogP contribution in [0.25, 0.3) is 0 Å². The van der Waals surface area contributed by atoms with Gasteiger partial charge in [0.15, 0.2) is 0 Å². The van der Waals surface area contributed by atoms with Gasteiger partial charge < -0.3 is 10.0 Å². The quantitative estimate of drug-likeness (QED) is 0.849. The van der Waals surface area contributed by atoms with Crippen LogP contribution in [0.3, 0.4) is 0 Å². The van der Waals surface area contributed by atoms with Crippen molar-refractivity contribution >= 4 is 35.1 Å². The summed E-state index contributed by atoms with van der Waals surface area (Å²) in [6.45, 7) is 3.29. The van der Waals surface area contributed by atoms with Crippen molar-refractivity contribution in [2.75, 3.05) is 6.54 Å². The Morgan fingerprint density at radius 2 is 1.89 bits per heavy atom. The molecular formula is C12H14Cl2N2O3. The average molecular weight is 305 g/mol. The van der Waals surface area contributed by atoms with Crippen LogP contribution in [0, 0.1) is 0 Å². The van der Waals surface area contributed by atoms with Gasteiger partial charge in [-0.3, -0.25) is 9.59 Å². The summed E-state index contributed by atoms with van der Waals surface area (Å²) in [6.07, 6.45) is 0.644. The van der Waals surface area contributed by atoms with E-state index in [2.05, 4.69) is 4.98 Å². The zero-order valence-electron chi connectivity index (χ0n) is 10.6. The molecule has 1 aromatic rings. The molecule has 1 rings (SSSR count). The third-order valence-electron chi connectivity index (χ3n) is 2.70. The van der Waals surface area contributed by atoms with E-state index in [1.807, 2.05) is 6.92 Å². The highest BCUT2D eigenvalue weighted by atomic mass is 35.5. The van der Waals surface area contributed by atoms with Gasteiger partial charge in [0.25, 0.3) is 5.91 Å². The number of amides is 1. The minimum atomic E-state index is -1.07. The molecule has 1 atom stereocenters. The van der Waals surface area contributed by atoms with Crippen LogP contribution >= 0.6 is 23.2 Å². The van der Waals surface area contributed by atoms with E-state index in [0.29, 0.717) is 6.42 Å². The number of aliphatic carboxylic acids is 1. The highest BCUT2D eigenvalue weighted by Crippen LogP contribution is 2.18. The van der Waals surface area contributed by atoms with Gasteiger partial charge >= 0.3 is 5.97 Å². The lowest BCUT2D eigenvalue weighted by Crippen LogP contribution is -2.41. The lowest BCUT2D eigenvalue weighted by atomic mass is 10.1. The molecule has 0 bridgehead atoms. The van der Waals surface area contributed by atoms with Gasteiger partial charge in [-0.25, -0.2) is 4.98 Å². The Labute approximate surface area is 121 Å². The maximum atomic E-state index is 12.3. The zero-order valence-corrected chi connectivity index (χ0v) is 12.1. The molecule has 5 nitrogen and oxygen atoms in total. The van der Waals surface area contributed by atoms with Crippen molar-refractivity contribution in [3.8, 4) is 0 Å². The fraction of sp³-hybridized carbons (Fsp3) is 0.417. The predicted molar refractivity (Wildman–Crippen MR) is 72.7 cm³/mol. The average Bonchev–Trinajstić information content (AvgIpc) is 2.32. The molecule has 1 N–H and O–H groups in total. The normalized spacial score (nSPS) is 12.0. The largest absolute Gasteiger partial charge is 0.480 e. The molecule has 0 radical (unpaired) electrons. The number of carbonyl (C=O) groups is 2. The Bertz CT molecular complexity index is 474. The lowest BCUT2D eigenvalue weighted by Gasteiger charge is -2.27. The summed E-state index contributed by atoms with van der Waals surface area (Å²) >= 11 is 11.5. The van der Waals surface area contributed by atoms with E-state index >= 15 is 0 Å². The second-order valence-corrected chi connectivity index (χ2v) is 4.86. The number of nitrogens with zero attached hydrogens (tertiary/aromatic N) is 2. The number of hydrogen-bond acceptors (Lipinski definition) is 3. The van der Waals surface area contributed by atoms with Gasteiger partial charge in [0.05, 0.1) is 0 Å². The smallest absolute Gasteiger partial charge is 0.323 e. The number of halogens is 2. The number of hydrogen-bond donors (Lipinski definition) is 1. The Balaban J connectivity index is 3.07. The van der Waals surface area contributed by atoms with E-state index in [-0.39, 0.29) is 28.5 Å². The molecule has 104 valence electrons. The van der Waals surface area contributed by atoms with Gasteiger partial charge in [0.1, 0.15) is 16.9 Å². The molecule has 0 aliphatic carbocycles. The second-order valence-electron chi connectivity index (χ2n) is 4.09. The van der Waals surface area contributed by atoms with Crippen LogP contribution in [0.4, 0.5) is 0 Å². The molecule has 19 heavy (non-hydrogen) atoms. The number of carboxylic acid groups (broad SMARTS) is 1. The van der Waals surface area contributed by atoms with Gasteiger partial charge in [0.2, 0.25) is 0 Å². The molecule has 1 unspecified atom stereocenters. The molecule has 1 amide bonds. The summed E-state index contributed by atoms with van der Waals surface area (Å²) in [5, 5.41) is 9.06. The summed E-state index contributed by atoms with van der Waals surface area (Å²) in [6, 6.07) is 2.54. The van der Waals surface area contributed by atoms with Crippen LogP contribution in [-0.4, -0.2) is 39.5 Å². The molecule has 7 heteroatoms. The molecule has 0 aromatic carbocycles. The third kappa shape index (κ3) is 4.36. The first-order chi connectivity index (χ1) is 8.85. The van der Waals surface area contributed by atoms with E-state index in [9.17, 15) is 9.59 Å². The Morgan fingerprint density at radius 3 is 2.32 bits per heavy atom. The van der Waals surface area contributed by atoms with E-state index in [4.69, 9.17) is 28.3 Å². The van der Waals surface area contributed by atoms with Gasteiger partial charge in [-0.2, -0.15) is 0 Å². The highest BCUT2D eigenvalue weighted by molar-refractivity contribution is 6.33. The fourth-order valence-corrected chi connectivity index (χ4v) is 2.01. The molecule has 0 saturated heterocycles. The van der Waals surface area contributed by atoms with Crippen LogP contribution in [0.15, 0.2) is 12.1 Å². The summed E-state index contributed by atoms with van der Waals surface area (Å²) < 4.78 is 0. The molecule has 0 saturated carbocycles. The van der Waals surface area contributed by atoms with E-state index in [1.165, 1.54) is 17.0 Å². The third-order valence-corrected chi connectivity index (χ3v) is 3.09. The number of aromatic nitrogens is 1. The number of rotatable bonds is 5. The molecule has 1 heterocycles. The zero-order chi connectivity index (χ0) is 14.6. The monoisotopic (exact) mass is 304 g/mol.